The van der Waals surface area contributed by atoms with Gasteiger partial charge in [-0.15, -0.1) is 0 Å². The number of methoxy groups -OCH3 is 1. The van der Waals surface area contributed by atoms with E-state index in [2.05, 4.69) is 12.2 Å². The van der Waals surface area contributed by atoms with Gasteiger partial charge in [-0.25, -0.2) is 0 Å². The van der Waals surface area contributed by atoms with Gasteiger partial charge in [-0.2, -0.15) is 0 Å². The molecule has 0 spiro atoms. The zero-order valence-corrected chi connectivity index (χ0v) is 8.54. The summed E-state index contributed by atoms with van der Waals surface area (Å²) in [5.41, 5.74) is 2.10. The lowest BCUT2D eigenvalue weighted by Gasteiger charge is -2.09. The molecule has 0 aliphatic rings. The van der Waals surface area contributed by atoms with Crippen LogP contribution in [0.2, 0.25) is 0 Å². The molecule has 1 aromatic carbocycles. The minimum absolute atomic E-state index is 0.343. The Hall–Kier alpha value is -1.51. The Morgan fingerprint density at radius 3 is 2.86 bits per heavy atom. The van der Waals surface area contributed by atoms with E-state index in [1.807, 2.05) is 18.2 Å². The fourth-order valence-electron chi connectivity index (χ4n) is 1.32. The van der Waals surface area contributed by atoms with Crippen molar-refractivity contribution in [2.75, 3.05) is 19.0 Å². The number of ether oxygens (including phenoxy) is 1. The van der Waals surface area contributed by atoms with Crippen molar-refractivity contribution in [1.29, 1.82) is 0 Å². The van der Waals surface area contributed by atoms with Crippen molar-refractivity contribution in [1.82, 2.24) is 0 Å². The molecule has 1 rings (SSSR count). The molecule has 0 fully saturated rings. The molecule has 1 aromatic rings. The minimum atomic E-state index is 0.343. The van der Waals surface area contributed by atoms with E-state index in [-0.39, 0.29) is 0 Å². The SMILES string of the molecule is CCc1cc(NCC=O)ccc1OC. The molecule has 0 amide bonds. The van der Waals surface area contributed by atoms with E-state index in [1.54, 1.807) is 7.11 Å². The molecular formula is C11H15NO2. The molecule has 0 aromatic heterocycles. The van der Waals surface area contributed by atoms with Crippen LogP contribution in [-0.4, -0.2) is 19.9 Å². The van der Waals surface area contributed by atoms with Crippen LogP contribution < -0.4 is 10.1 Å². The van der Waals surface area contributed by atoms with Crippen molar-refractivity contribution < 1.29 is 9.53 Å². The number of carbonyl (C=O) groups excluding carboxylic acids is 1. The van der Waals surface area contributed by atoms with Gasteiger partial charge in [0, 0.05) is 5.69 Å². The van der Waals surface area contributed by atoms with Crippen molar-refractivity contribution in [3.63, 3.8) is 0 Å². The molecule has 0 saturated carbocycles. The topological polar surface area (TPSA) is 38.3 Å². The summed E-state index contributed by atoms with van der Waals surface area (Å²) in [5, 5.41) is 3.00. The number of hydrogen-bond donors (Lipinski definition) is 1. The number of nitrogens with one attached hydrogen (secondary N) is 1. The molecule has 3 heteroatoms. The second-order valence-electron chi connectivity index (χ2n) is 2.93. The van der Waals surface area contributed by atoms with Gasteiger partial charge in [-0.3, -0.25) is 0 Å². The number of hydrogen-bond acceptors (Lipinski definition) is 3. The predicted octanol–water partition coefficient (Wildman–Crippen LogP) is 1.87. The molecule has 0 aliphatic heterocycles. The first kappa shape index (κ1) is 10.6. The lowest BCUT2D eigenvalue weighted by molar-refractivity contribution is -0.106. The fourth-order valence-corrected chi connectivity index (χ4v) is 1.32. The second kappa shape index (κ2) is 5.27. The predicted molar refractivity (Wildman–Crippen MR) is 56.9 cm³/mol. The van der Waals surface area contributed by atoms with E-state index in [0.717, 1.165) is 29.7 Å². The van der Waals surface area contributed by atoms with Crippen LogP contribution in [0.15, 0.2) is 18.2 Å². The Balaban J connectivity index is 2.83. The minimum Gasteiger partial charge on any atom is -0.496 e. The summed E-state index contributed by atoms with van der Waals surface area (Å²) in [5.74, 6) is 0.893. The Labute approximate surface area is 84.1 Å². The maximum atomic E-state index is 10.2. The van der Waals surface area contributed by atoms with Gasteiger partial charge < -0.3 is 14.8 Å². The van der Waals surface area contributed by atoms with Gasteiger partial charge in [0.15, 0.2) is 0 Å². The zero-order valence-electron chi connectivity index (χ0n) is 8.54. The molecule has 1 N–H and O–H groups in total. The van der Waals surface area contributed by atoms with Crippen molar-refractivity contribution >= 4 is 12.0 Å². The van der Waals surface area contributed by atoms with E-state index in [9.17, 15) is 4.79 Å². The van der Waals surface area contributed by atoms with Crippen molar-refractivity contribution in [3.05, 3.63) is 23.8 Å². The summed E-state index contributed by atoms with van der Waals surface area (Å²) in [6.45, 7) is 2.41. The van der Waals surface area contributed by atoms with Crippen molar-refractivity contribution in [2.24, 2.45) is 0 Å². The molecule has 0 heterocycles. The van der Waals surface area contributed by atoms with Gasteiger partial charge in [0.25, 0.3) is 0 Å². The average molecular weight is 193 g/mol. The number of rotatable bonds is 5. The third kappa shape index (κ3) is 2.49. The molecule has 0 atom stereocenters. The van der Waals surface area contributed by atoms with Gasteiger partial charge in [-0.1, -0.05) is 6.92 Å². The Bertz CT molecular complexity index is 310. The highest BCUT2D eigenvalue weighted by molar-refractivity contribution is 5.60. The average Bonchev–Trinajstić information content (AvgIpc) is 2.25. The van der Waals surface area contributed by atoms with Crippen LogP contribution in [0.25, 0.3) is 0 Å². The normalized spacial score (nSPS) is 9.57. The first-order chi connectivity index (χ1) is 6.81. The third-order valence-corrected chi connectivity index (χ3v) is 2.05. The largest absolute Gasteiger partial charge is 0.496 e. The maximum absolute atomic E-state index is 10.2. The smallest absolute Gasteiger partial charge is 0.139 e. The number of carbonyl (C=O) groups is 1. The second-order valence-corrected chi connectivity index (χ2v) is 2.93. The van der Waals surface area contributed by atoms with Crippen LogP contribution in [0.4, 0.5) is 5.69 Å². The van der Waals surface area contributed by atoms with Gasteiger partial charge >= 0.3 is 0 Å². The number of benzene rings is 1. The Kier molecular flexibility index (Phi) is 3.98. The summed E-state index contributed by atoms with van der Waals surface area (Å²) in [6.07, 6.45) is 1.76. The number of aldehydes is 1. The van der Waals surface area contributed by atoms with Crippen LogP contribution in [-0.2, 0) is 11.2 Å². The van der Waals surface area contributed by atoms with Gasteiger partial charge in [0.05, 0.1) is 13.7 Å². The van der Waals surface area contributed by atoms with E-state index in [1.165, 1.54) is 0 Å². The molecule has 3 nitrogen and oxygen atoms in total. The number of anilines is 1. The summed E-state index contributed by atoms with van der Waals surface area (Å²) in [6, 6.07) is 5.82. The molecule has 0 radical (unpaired) electrons. The summed E-state index contributed by atoms with van der Waals surface area (Å²) >= 11 is 0. The van der Waals surface area contributed by atoms with E-state index in [4.69, 9.17) is 4.74 Å². The van der Waals surface area contributed by atoms with Crippen LogP contribution in [0, 0.1) is 0 Å². The lowest BCUT2D eigenvalue weighted by atomic mass is 10.1. The van der Waals surface area contributed by atoms with E-state index in [0.29, 0.717) is 6.54 Å². The van der Waals surface area contributed by atoms with Crippen LogP contribution in [0.5, 0.6) is 5.75 Å². The summed E-state index contributed by atoms with van der Waals surface area (Å²) in [4.78, 5) is 10.2. The first-order valence-electron chi connectivity index (χ1n) is 4.66. The highest BCUT2D eigenvalue weighted by atomic mass is 16.5. The third-order valence-electron chi connectivity index (χ3n) is 2.05. The molecular weight excluding hydrogens is 178 g/mol. The standard InChI is InChI=1S/C11H15NO2/c1-3-9-8-10(12-6-7-13)4-5-11(9)14-2/h4-5,7-8,12H,3,6H2,1-2H3. The van der Waals surface area contributed by atoms with Crippen LogP contribution in [0.1, 0.15) is 12.5 Å². The van der Waals surface area contributed by atoms with Crippen molar-refractivity contribution in [2.45, 2.75) is 13.3 Å². The van der Waals surface area contributed by atoms with Gasteiger partial charge in [0.1, 0.15) is 12.0 Å². The Morgan fingerprint density at radius 2 is 2.29 bits per heavy atom. The molecule has 76 valence electrons. The quantitative estimate of drug-likeness (QED) is 0.725. The highest BCUT2D eigenvalue weighted by Crippen LogP contribution is 2.22. The van der Waals surface area contributed by atoms with E-state index >= 15 is 0 Å². The monoisotopic (exact) mass is 193 g/mol. The highest BCUT2D eigenvalue weighted by Gasteiger charge is 2.01. The number of aryl methyl sites for hydroxylation is 1. The molecule has 0 saturated heterocycles. The molecule has 0 bridgehead atoms. The molecule has 0 unspecified atom stereocenters. The van der Waals surface area contributed by atoms with Crippen LogP contribution >= 0.6 is 0 Å². The summed E-state index contributed by atoms with van der Waals surface area (Å²) < 4.78 is 5.20. The first-order valence-corrected chi connectivity index (χ1v) is 4.66. The van der Waals surface area contributed by atoms with E-state index < -0.39 is 0 Å². The summed E-state index contributed by atoms with van der Waals surface area (Å²) in [7, 11) is 1.66. The lowest BCUT2D eigenvalue weighted by Crippen LogP contribution is -2.02. The fraction of sp³-hybridized carbons (Fsp3) is 0.364. The molecule has 0 aliphatic carbocycles. The maximum Gasteiger partial charge on any atom is 0.139 e. The van der Waals surface area contributed by atoms with Crippen LogP contribution in [0.3, 0.4) is 0 Å². The van der Waals surface area contributed by atoms with Gasteiger partial charge in [0.2, 0.25) is 0 Å². The zero-order chi connectivity index (χ0) is 10.4. The van der Waals surface area contributed by atoms with Gasteiger partial charge in [-0.05, 0) is 30.2 Å². The van der Waals surface area contributed by atoms with Crippen molar-refractivity contribution in [3.8, 4) is 5.75 Å². The molecule has 14 heavy (non-hydrogen) atoms. The Morgan fingerprint density at radius 1 is 1.50 bits per heavy atom.